The third-order valence-electron chi connectivity index (χ3n) is 2.74. The predicted octanol–water partition coefficient (Wildman–Crippen LogP) is 1.96. The highest BCUT2D eigenvalue weighted by Gasteiger charge is 2.14. The summed E-state index contributed by atoms with van der Waals surface area (Å²) in [7, 11) is 1.76. The highest BCUT2D eigenvalue weighted by molar-refractivity contribution is 6.05. The SMILES string of the molecule is CCc1nn(C)cc1C(=O)Nc1ccc(F)c(N)c1. The zero-order chi connectivity index (χ0) is 14.0. The Hall–Kier alpha value is -2.37. The lowest BCUT2D eigenvalue weighted by Crippen LogP contribution is -2.13. The molecule has 2 rings (SSSR count). The summed E-state index contributed by atoms with van der Waals surface area (Å²) in [4.78, 5) is 12.1. The van der Waals surface area contributed by atoms with Gasteiger partial charge in [0, 0.05) is 18.9 Å². The van der Waals surface area contributed by atoms with E-state index < -0.39 is 5.82 Å². The molecule has 0 bridgehead atoms. The molecule has 0 unspecified atom stereocenters. The van der Waals surface area contributed by atoms with Crippen LogP contribution >= 0.6 is 0 Å². The van der Waals surface area contributed by atoms with Crippen molar-refractivity contribution in [3.8, 4) is 0 Å². The molecule has 1 aromatic carbocycles. The summed E-state index contributed by atoms with van der Waals surface area (Å²) in [5, 5.41) is 6.87. The third-order valence-corrected chi connectivity index (χ3v) is 2.74. The highest BCUT2D eigenvalue weighted by atomic mass is 19.1. The molecule has 5 nitrogen and oxygen atoms in total. The van der Waals surface area contributed by atoms with E-state index >= 15 is 0 Å². The van der Waals surface area contributed by atoms with E-state index in [9.17, 15) is 9.18 Å². The largest absolute Gasteiger partial charge is 0.396 e. The quantitative estimate of drug-likeness (QED) is 0.830. The Morgan fingerprint density at radius 2 is 2.26 bits per heavy atom. The monoisotopic (exact) mass is 262 g/mol. The summed E-state index contributed by atoms with van der Waals surface area (Å²) in [5.74, 6) is -0.787. The number of nitrogens with two attached hydrogens (primary N) is 1. The number of amides is 1. The summed E-state index contributed by atoms with van der Waals surface area (Å²) in [5.41, 5.74) is 7.13. The van der Waals surface area contributed by atoms with Gasteiger partial charge in [-0.05, 0) is 24.6 Å². The molecule has 0 aliphatic heterocycles. The van der Waals surface area contributed by atoms with Crippen molar-refractivity contribution in [3.05, 3.63) is 41.5 Å². The molecule has 6 heteroatoms. The van der Waals surface area contributed by atoms with Gasteiger partial charge in [-0.2, -0.15) is 5.10 Å². The molecule has 100 valence electrons. The number of carbonyl (C=O) groups is 1. The van der Waals surface area contributed by atoms with E-state index in [1.165, 1.54) is 18.2 Å². The lowest BCUT2D eigenvalue weighted by molar-refractivity contribution is 0.102. The van der Waals surface area contributed by atoms with Crippen molar-refractivity contribution in [2.45, 2.75) is 13.3 Å². The van der Waals surface area contributed by atoms with Gasteiger partial charge in [0.2, 0.25) is 0 Å². The van der Waals surface area contributed by atoms with Gasteiger partial charge in [-0.25, -0.2) is 4.39 Å². The van der Waals surface area contributed by atoms with Gasteiger partial charge in [0.05, 0.1) is 16.9 Å². The lowest BCUT2D eigenvalue weighted by Gasteiger charge is -2.06. The van der Waals surface area contributed by atoms with Gasteiger partial charge in [-0.15, -0.1) is 0 Å². The second kappa shape index (κ2) is 5.09. The van der Waals surface area contributed by atoms with Crippen molar-refractivity contribution in [1.82, 2.24) is 9.78 Å². The fraction of sp³-hybridized carbons (Fsp3) is 0.231. The number of carbonyl (C=O) groups excluding carboxylic acids is 1. The minimum atomic E-state index is -0.506. The molecule has 0 aliphatic carbocycles. The van der Waals surface area contributed by atoms with E-state index in [0.29, 0.717) is 17.7 Å². The second-order valence-electron chi connectivity index (χ2n) is 4.21. The smallest absolute Gasteiger partial charge is 0.259 e. The summed E-state index contributed by atoms with van der Waals surface area (Å²) in [6.07, 6.45) is 2.32. The zero-order valence-corrected chi connectivity index (χ0v) is 10.8. The van der Waals surface area contributed by atoms with E-state index in [2.05, 4.69) is 10.4 Å². The zero-order valence-electron chi connectivity index (χ0n) is 10.8. The molecular weight excluding hydrogens is 247 g/mol. The van der Waals surface area contributed by atoms with E-state index in [4.69, 9.17) is 5.73 Å². The number of hydrogen-bond donors (Lipinski definition) is 2. The van der Waals surface area contributed by atoms with Crippen LogP contribution in [0, 0.1) is 5.82 Å². The predicted molar refractivity (Wildman–Crippen MR) is 71.4 cm³/mol. The number of nitrogen functional groups attached to an aromatic ring is 1. The molecule has 19 heavy (non-hydrogen) atoms. The van der Waals surface area contributed by atoms with Crippen LogP contribution in [0.15, 0.2) is 24.4 Å². The van der Waals surface area contributed by atoms with Crippen LogP contribution in [0.4, 0.5) is 15.8 Å². The maximum absolute atomic E-state index is 13.0. The fourth-order valence-electron chi connectivity index (χ4n) is 1.81. The van der Waals surface area contributed by atoms with Crippen LogP contribution in [0.25, 0.3) is 0 Å². The Morgan fingerprint density at radius 1 is 1.53 bits per heavy atom. The molecule has 0 atom stereocenters. The standard InChI is InChI=1S/C13H15FN4O/c1-3-12-9(7-18(2)17-12)13(19)16-8-4-5-10(14)11(15)6-8/h4-7H,3,15H2,1-2H3,(H,16,19). The van der Waals surface area contributed by atoms with Crippen LogP contribution in [-0.4, -0.2) is 15.7 Å². The number of nitrogens with one attached hydrogen (secondary N) is 1. The average molecular weight is 262 g/mol. The minimum absolute atomic E-state index is 0.000276. The van der Waals surface area contributed by atoms with Gasteiger partial charge in [-0.3, -0.25) is 9.48 Å². The first-order chi connectivity index (χ1) is 9.01. The van der Waals surface area contributed by atoms with Crippen molar-refractivity contribution in [2.24, 2.45) is 7.05 Å². The number of nitrogens with zero attached hydrogens (tertiary/aromatic N) is 2. The number of halogens is 1. The molecule has 0 fully saturated rings. The first-order valence-electron chi connectivity index (χ1n) is 5.90. The maximum Gasteiger partial charge on any atom is 0.259 e. The first kappa shape index (κ1) is 13.1. The van der Waals surface area contributed by atoms with Crippen LogP contribution in [0.5, 0.6) is 0 Å². The van der Waals surface area contributed by atoms with Crippen LogP contribution in [-0.2, 0) is 13.5 Å². The Balaban J connectivity index is 2.22. The van der Waals surface area contributed by atoms with Gasteiger partial charge in [-0.1, -0.05) is 6.92 Å². The third kappa shape index (κ3) is 2.73. The van der Waals surface area contributed by atoms with E-state index in [0.717, 1.165) is 5.69 Å². The molecule has 0 aliphatic rings. The maximum atomic E-state index is 13.0. The summed E-state index contributed by atoms with van der Waals surface area (Å²) >= 11 is 0. The molecule has 2 aromatic rings. The summed E-state index contributed by atoms with van der Waals surface area (Å²) in [6.45, 7) is 1.93. The summed E-state index contributed by atoms with van der Waals surface area (Å²) < 4.78 is 14.6. The molecule has 1 aromatic heterocycles. The number of aromatic nitrogens is 2. The van der Waals surface area contributed by atoms with Gasteiger partial charge in [0.1, 0.15) is 5.82 Å². The topological polar surface area (TPSA) is 72.9 Å². The average Bonchev–Trinajstić information content (AvgIpc) is 2.75. The van der Waals surface area contributed by atoms with E-state index in [1.54, 1.807) is 17.9 Å². The molecule has 0 saturated carbocycles. The number of anilines is 2. The molecule has 0 radical (unpaired) electrons. The number of benzene rings is 1. The number of rotatable bonds is 3. The molecule has 0 spiro atoms. The van der Waals surface area contributed by atoms with Crippen molar-refractivity contribution >= 4 is 17.3 Å². The van der Waals surface area contributed by atoms with Crippen molar-refractivity contribution < 1.29 is 9.18 Å². The van der Waals surface area contributed by atoms with Crippen molar-refractivity contribution in [3.63, 3.8) is 0 Å². The van der Waals surface area contributed by atoms with Gasteiger partial charge in [0.25, 0.3) is 5.91 Å². The Morgan fingerprint density at radius 3 is 2.89 bits per heavy atom. The minimum Gasteiger partial charge on any atom is -0.396 e. The number of hydrogen-bond acceptors (Lipinski definition) is 3. The van der Waals surface area contributed by atoms with Gasteiger partial charge in [0.15, 0.2) is 0 Å². The Bertz CT molecular complexity index is 621. The molecule has 1 amide bonds. The second-order valence-corrected chi connectivity index (χ2v) is 4.21. The normalized spacial score (nSPS) is 10.5. The van der Waals surface area contributed by atoms with E-state index in [-0.39, 0.29) is 11.6 Å². The lowest BCUT2D eigenvalue weighted by atomic mass is 10.2. The van der Waals surface area contributed by atoms with Crippen molar-refractivity contribution in [2.75, 3.05) is 11.1 Å². The molecule has 3 N–H and O–H groups in total. The molecule has 0 saturated heterocycles. The Kier molecular flexibility index (Phi) is 3.50. The van der Waals surface area contributed by atoms with Crippen LogP contribution in [0.2, 0.25) is 0 Å². The van der Waals surface area contributed by atoms with Crippen LogP contribution < -0.4 is 11.1 Å². The number of aryl methyl sites for hydroxylation is 2. The van der Waals surface area contributed by atoms with Crippen LogP contribution in [0.3, 0.4) is 0 Å². The first-order valence-corrected chi connectivity index (χ1v) is 5.90. The van der Waals surface area contributed by atoms with Gasteiger partial charge < -0.3 is 11.1 Å². The van der Waals surface area contributed by atoms with Crippen LogP contribution in [0.1, 0.15) is 23.0 Å². The Labute approximate surface area is 110 Å². The highest BCUT2D eigenvalue weighted by Crippen LogP contribution is 2.18. The fourth-order valence-corrected chi connectivity index (χ4v) is 1.81. The molecule has 1 heterocycles. The summed E-state index contributed by atoms with van der Waals surface area (Å²) in [6, 6.07) is 4.07. The van der Waals surface area contributed by atoms with E-state index in [1.807, 2.05) is 6.92 Å². The molecular formula is C13H15FN4O. The van der Waals surface area contributed by atoms with Gasteiger partial charge >= 0.3 is 0 Å². The van der Waals surface area contributed by atoms with Crippen molar-refractivity contribution in [1.29, 1.82) is 0 Å².